The van der Waals surface area contributed by atoms with Gasteiger partial charge in [-0.25, -0.2) is 0 Å². The van der Waals surface area contributed by atoms with Gasteiger partial charge in [-0.2, -0.15) is 0 Å². The van der Waals surface area contributed by atoms with Gasteiger partial charge < -0.3 is 18.9 Å². The zero-order valence-corrected chi connectivity index (χ0v) is 15.8. The molecule has 2 heterocycles. The maximum absolute atomic E-state index is 13.6. The van der Waals surface area contributed by atoms with Gasteiger partial charge >= 0.3 is 6.29 Å². The lowest BCUT2D eigenvalue weighted by atomic mass is 9.83. The second kappa shape index (κ2) is 6.01. The van der Waals surface area contributed by atoms with E-state index in [-0.39, 0.29) is 29.6 Å². The van der Waals surface area contributed by atoms with Crippen molar-refractivity contribution in [1.82, 2.24) is 0 Å². The number of alkyl halides is 2. The van der Waals surface area contributed by atoms with Gasteiger partial charge in [0.1, 0.15) is 0 Å². The molecule has 1 unspecified atom stereocenters. The van der Waals surface area contributed by atoms with Gasteiger partial charge in [-0.05, 0) is 47.1 Å². The largest absolute Gasteiger partial charge is 0.586 e. The minimum atomic E-state index is -3.62. The smallest absolute Gasteiger partial charge is 0.454 e. The van der Waals surface area contributed by atoms with Crippen LogP contribution in [0.5, 0.6) is 23.0 Å². The van der Waals surface area contributed by atoms with Gasteiger partial charge in [-0.15, -0.1) is 8.78 Å². The molecule has 4 rings (SSSR count). The lowest BCUT2D eigenvalue weighted by Crippen LogP contribution is -2.26. The Morgan fingerprint density at radius 3 is 2.48 bits per heavy atom. The standard InChI is InChI=1S/C21H22F2O4/c1-12(14-5-6-16-17(10-14)25-11-24-16)7-13-8-15(20(2,3)4)19-18(9-13)26-21(22,23)27-19/h5-6,8-10,12H,7,11H2,1-4H3. The molecule has 2 aromatic rings. The van der Waals surface area contributed by atoms with Crippen molar-refractivity contribution >= 4 is 0 Å². The molecule has 1 atom stereocenters. The monoisotopic (exact) mass is 376 g/mol. The average molecular weight is 376 g/mol. The minimum absolute atomic E-state index is 0.0975. The van der Waals surface area contributed by atoms with Crippen LogP contribution in [-0.4, -0.2) is 13.1 Å². The van der Waals surface area contributed by atoms with Gasteiger partial charge in [0, 0.05) is 5.56 Å². The van der Waals surface area contributed by atoms with Gasteiger partial charge in [0.15, 0.2) is 23.0 Å². The highest BCUT2D eigenvalue weighted by Crippen LogP contribution is 2.48. The summed E-state index contributed by atoms with van der Waals surface area (Å²) in [7, 11) is 0. The summed E-state index contributed by atoms with van der Waals surface area (Å²) in [5, 5.41) is 0. The van der Waals surface area contributed by atoms with Gasteiger partial charge in [0.2, 0.25) is 6.79 Å². The Balaban J connectivity index is 1.64. The first-order valence-corrected chi connectivity index (χ1v) is 8.95. The van der Waals surface area contributed by atoms with Crippen molar-refractivity contribution in [1.29, 1.82) is 0 Å². The molecule has 0 amide bonds. The molecule has 0 radical (unpaired) electrons. The van der Waals surface area contributed by atoms with Gasteiger partial charge in [0.25, 0.3) is 0 Å². The Labute approximate surface area is 157 Å². The topological polar surface area (TPSA) is 36.9 Å². The molecule has 0 bridgehead atoms. The van der Waals surface area contributed by atoms with E-state index in [0.29, 0.717) is 12.0 Å². The summed E-state index contributed by atoms with van der Waals surface area (Å²) in [6.07, 6.45) is -2.95. The van der Waals surface area contributed by atoms with Crippen LogP contribution in [0.3, 0.4) is 0 Å². The number of fused-ring (bicyclic) bond motifs is 2. The summed E-state index contributed by atoms with van der Waals surface area (Å²) in [4.78, 5) is 0. The molecule has 27 heavy (non-hydrogen) atoms. The van der Waals surface area contributed by atoms with Crippen molar-refractivity contribution in [2.75, 3.05) is 6.79 Å². The molecule has 0 saturated heterocycles. The number of hydrogen-bond acceptors (Lipinski definition) is 4. The Bertz CT molecular complexity index is 886. The Hall–Kier alpha value is -2.50. The van der Waals surface area contributed by atoms with Gasteiger partial charge in [-0.1, -0.05) is 39.8 Å². The first-order chi connectivity index (χ1) is 12.6. The highest BCUT2D eigenvalue weighted by atomic mass is 19.3. The minimum Gasteiger partial charge on any atom is -0.454 e. The molecular formula is C21H22F2O4. The summed E-state index contributed by atoms with van der Waals surface area (Å²) in [5.74, 6) is 1.87. The van der Waals surface area contributed by atoms with Crippen molar-refractivity contribution in [3.05, 3.63) is 47.0 Å². The molecule has 0 aliphatic carbocycles. The van der Waals surface area contributed by atoms with Crippen LogP contribution in [0.1, 0.15) is 50.3 Å². The van der Waals surface area contributed by atoms with Crippen LogP contribution >= 0.6 is 0 Å². The van der Waals surface area contributed by atoms with Crippen LogP contribution < -0.4 is 18.9 Å². The molecule has 2 aromatic carbocycles. The fraction of sp³-hybridized carbons (Fsp3) is 0.429. The molecule has 0 saturated carbocycles. The third kappa shape index (κ3) is 3.40. The van der Waals surface area contributed by atoms with E-state index < -0.39 is 6.29 Å². The zero-order chi connectivity index (χ0) is 19.4. The highest BCUT2D eigenvalue weighted by Gasteiger charge is 2.46. The van der Waals surface area contributed by atoms with Crippen molar-refractivity contribution in [3.63, 3.8) is 0 Å². The van der Waals surface area contributed by atoms with Crippen LogP contribution in [0.4, 0.5) is 8.78 Å². The molecule has 2 aliphatic heterocycles. The maximum atomic E-state index is 13.6. The zero-order valence-electron chi connectivity index (χ0n) is 15.8. The summed E-state index contributed by atoms with van der Waals surface area (Å²) in [5.41, 5.74) is 2.38. The number of hydrogen-bond donors (Lipinski definition) is 0. The molecule has 0 fully saturated rings. The van der Waals surface area contributed by atoms with Crippen LogP contribution in [0.25, 0.3) is 0 Å². The number of rotatable bonds is 3. The van der Waals surface area contributed by atoms with E-state index in [1.165, 1.54) is 0 Å². The third-order valence-corrected chi connectivity index (χ3v) is 4.88. The molecule has 4 nitrogen and oxygen atoms in total. The van der Waals surface area contributed by atoms with Crippen molar-refractivity contribution < 1.29 is 27.7 Å². The van der Waals surface area contributed by atoms with Crippen LogP contribution in [0, 0.1) is 0 Å². The molecule has 6 heteroatoms. The quantitative estimate of drug-likeness (QED) is 0.721. The van der Waals surface area contributed by atoms with Crippen molar-refractivity contribution in [2.45, 2.75) is 51.7 Å². The van der Waals surface area contributed by atoms with Gasteiger partial charge in [-0.3, -0.25) is 0 Å². The Morgan fingerprint density at radius 2 is 1.74 bits per heavy atom. The third-order valence-electron chi connectivity index (χ3n) is 4.88. The second-order valence-corrected chi connectivity index (χ2v) is 8.11. The lowest BCUT2D eigenvalue weighted by Gasteiger charge is -2.22. The van der Waals surface area contributed by atoms with E-state index in [0.717, 1.165) is 22.6 Å². The van der Waals surface area contributed by atoms with Crippen molar-refractivity contribution in [3.8, 4) is 23.0 Å². The molecule has 0 N–H and O–H groups in total. The second-order valence-electron chi connectivity index (χ2n) is 8.11. The van der Waals surface area contributed by atoms with E-state index in [1.54, 1.807) is 6.07 Å². The van der Waals surface area contributed by atoms with E-state index in [1.807, 2.05) is 45.0 Å². The van der Waals surface area contributed by atoms with Crippen LogP contribution in [0.15, 0.2) is 30.3 Å². The molecule has 0 spiro atoms. The highest BCUT2D eigenvalue weighted by molar-refractivity contribution is 5.54. The summed E-state index contributed by atoms with van der Waals surface area (Å²) in [6, 6.07) is 9.46. The number of halogens is 2. The summed E-state index contributed by atoms with van der Waals surface area (Å²) in [6.45, 7) is 8.22. The fourth-order valence-electron chi connectivity index (χ4n) is 3.47. The molecule has 2 aliphatic rings. The van der Waals surface area contributed by atoms with E-state index >= 15 is 0 Å². The first-order valence-electron chi connectivity index (χ1n) is 8.95. The van der Waals surface area contributed by atoms with Crippen LogP contribution in [0.2, 0.25) is 0 Å². The van der Waals surface area contributed by atoms with Crippen molar-refractivity contribution in [2.24, 2.45) is 0 Å². The maximum Gasteiger partial charge on any atom is 0.586 e. The van der Waals surface area contributed by atoms with Crippen LogP contribution in [-0.2, 0) is 11.8 Å². The Morgan fingerprint density at radius 1 is 1.00 bits per heavy atom. The molecule has 144 valence electrons. The lowest BCUT2D eigenvalue weighted by molar-refractivity contribution is -0.287. The fourth-order valence-corrected chi connectivity index (χ4v) is 3.47. The Kier molecular flexibility index (Phi) is 3.98. The number of benzene rings is 2. The number of ether oxygens (including phenoxy) is 4. The summed E-state index contributed by atoms with van der Waals surface area (Å²) >= 11 is 0. The first kappa shape index (κ1) is 17.9. The normalized spacial score (nSPS) is 17.9. The van der Waals surface area contributed by atoms with E-state index in [9.17, 15) is 8.78 Å². The predicted octanol–water partition coefficient (Wildman–Crippen LogP) is 5.38. The van der Waals surface area contributed by atoms with E-state index in [4.69, 9.17) is 18.9 Å². The SMILES string of the molecule is CC(Cc1cc2c(c(C(C)(C)C)c1)OC(F)(F)O2)c1ccc2c(c1)OCO2. The van der Waals surface area contributed by atoms with Gasteiger partial charge in [0.05, 0.1) is 0 Å². The summed E-state index contributed by atoms with van der Waals surface area (Å²) < 4.78 is 47.5. The van der Waals surface area contributed by atoms with E-state index in [2.05, 4.69) is 6.92 Å². The molecular weight excluding hydrogens is 354 g/mol. The average Bonchev–Trinajstić information content (AvgIpc) is 3.14. The molecule has 0 aromatic heterocycles. The predicted molar refractivity (Wildman–Crippen MR) is 96.0 cm³/mol.